The number of nitrogens with one attached hydrogen (secondary N) is 1. The van der Waals surface area contributed by atoms with Crippen molar-refractivity contribution in [1.29, 1.82) is 0 Å². The third-order valence-corrected chi connectivity index (χ3v) is 4.85. The summed E-state index contributed by atoms with van der Waals surface area (Å²) in [5.74, 6) is 1.47. The highest BCUT2D eigenvalue weighted by atomic mass is 15.1. The molecule has 0 amide bonds. The Morgan fingerprint density at radius 1 is 1.10 bits per heavy atom. The Balaban J connectivity index is 1.83. The van der Waals surface area contributed by atoms with Gasteiger partial charge < -0.3 is 5.32 Å². The lowest BCUT2D eigenvalue weighted by Gasteiger charge is -2.34. The van der Waals surface area contributed by atoms with Crippen LogP contribution in [0.3, 0.4) is 0 Å². The zero-order chi connectivity index (χ0) is 14.5. The van der Waals surface area contributed by atoms with Gasteiger partial charge in [0.15, 0.2) is 0 Å². The molecular weight excluding hydrogens is 244 g/mol. The van der Waals surface area contributed by atoms with Crippen LogP contribution >= 0.6 is 0 Å². The van der Waals surface area contributed by atoms with Crippen molar-refractivity contribution in [3.63, 3.8) is 0 Å². The summed E-state index contributed by atoms with van der Waals surface area (Å²) in [7, 11) is 2.08. The monoisotopic (exact) mass is 274 g/mol. The van der Waals surface area contributed by atoms with E-state index in [-0.39, 0.29) is 0 Å². The average Bonchev–Trinajstić information content (AvgIpc) is 2.48. The molecule has 2 rings (SSSR count). The molecule has 0 bridgehead atoms. The van der Waals surface area contributed by atoms with E-state index >= 15 is 0 Å². The molecule has 2 nitrogen and oxygen atoms in total. The molecule has 0 aromatic heterocycles. The van der Waals surface area contributed by atoms with Crippen molar-refractivity contribution < 1.29 is 0 Å². The summed E-state index contributed by atoms with van der Waals surface area (Å²) < 4.78 is 0. The minimum atomic E-state index is 0.628. The summed E-state index contributed by atoms with van der Waals surface area (Å²) in [4.78, 5) is 2.60. The Bertz CT molecular complexity index is 388. The molecule has 1 aliphatic rings. The molecule has 0 radical (unpaired) electrons. The molecule has 20 heavy (non-hydrogen) atoms. The summed E-state index contributed by atoms with van der Waals surface area (Å²) in [5.41, 5.74) is 2.89. The molecule has 112 valence electrons. The first-order valence-corrected chi connectivity index (χ1v) is 8.08. The van der Waals surface area contributed by atoms with Crippen LogP contribution in [0.15, 0.2) is 24.3 Å². The first-order valence-electron chi connectivity index (χ1n) is 8.08. The molecule has 1 atom stereocenters. The topological polar surface area (TPSA) is 15.3 Å². The van der Waals surface area contributed by atoms with E-state index in [9.17, 15) is 0 Å². The highest BCUT2D eigenvalue weighted by Gasteiger charge is 2.22. The molecule has 1 unspecified atom stereocenters. The Labute approximate surface area is 124 Å². The van der Waals surface area contributed by atoms with Crippen LogP contribution in [0.5, 0.6) is 0 Å². The fourth-order valence-corrected chi connectivity index (χ4v) is 3.11. The van der Waals surface area contributed by atoms with Crippen LogP contribution in [0.1, 0.15) is 50.7 Å². The molecule has 1 N–H and O–H groups in total. The molecule has 1 heterocycles. The van der Waals surface area contributed by atoms with Crippen molar-refractivity contribution in [3.05, 3.63) is 35.4 Å². The molecule has 1 aromatic carbocycles. The van der Waals surface area contributed by atoms with E-state index in [0.29, 0.717) is 12.0 Å². The second kappa shape index (κ2) is 7.24. The fourth-order valence-electron chi connectivity index (χ4n) is 3.11. The number of hydrogen-bond acceptors (Lipinski definition) is 2. The van der Waals surface area contributed by atoms with Crippen molar-refractivity contribution in [1.82, 2.24) is 10.2 Å². The Morgan fingerprint density at radius 2 is 1.70 bits per heavy atom. The van der Waals surface area contributed by atoms with Gasteiger partial charge in [-0.15, -0.1) is 0 Å². The highest BCUT2D eigenvalue weighted by Crippen LogP contribution is 2.22. The van der Waals surface area contributed by atoms with Gasteiger partial charge in [0.25, 0.3) is 0 Å². The van der Waals surface area contributed by atoms with E-state index in [0.717, 1.165) is 12.5 Å². The van der Waals surface area contributed by atoms with E-state index in [1.165, 1.54) is 37.1 Å². The Morgan fingerprint density at radius 3 is 2.20 bits per heavy atom. The number of hydrogen-bond donors (Lipinski definition) is 1. The van der Waals surface area contributed by atoms with Crippen LogP contribution in [0, 0.1) is 5.92 Å². The SMILES string of the molecule is CNC(C)C1CCN(Cc2ccc(C(C)C)cc2)CC1. The van der Waals surface area contributed by atoms with Crippen molar-refractivity contribution in [3.8, 4) is 0 Å². The van der Waals surface area contributed by atoms with Crippen LogP contribution < -0.4 is 5.32 Å². The third kappa shape index (κ3) is 4.07. The maximum Gasteiger partial charge on any atom is 0.0233 e. The van der Waals surface area contributed by atoms with Crippen LogP contribution in [0.25, 0.3) is 0 Å². The van der Waals surface area contributed by atoms with Crippen molar-refractivity contribution >= 4 is 0 Å². The average molecular weight is 274 g/mol. The lowest BCUT2D eigenvalue weighted by atomic mass is 9.90. The summed E-state index contributed by atoms with van der Waals surface area (Å²) in [6, 6.07) is 9.84. The van der Waals surface area contributed by atoms with E-state index in [1.54, 1.807) is 0 Å². The number of rotatable bonds is 5. The van der Waals surface area contributed by atoms with Gasteiger partial charge in [-0.2, -0.15) is 0 Å². The minimum Gasteiger partial charge on any atom is -0.317 e. The van der Waals surface area contributed by atoms with Gasteiger partial charge >= 0.3 is 0 Å². The zero-order valence-electron chi connectivity index (χ0n) is 13.5. The van der Waals surface area contributed by atoms with Gasteiger partial charge in [-0.3, -0.25) is 4.90 Å². The van der Waals surface area contributed by atoms with Crippen LogP contribution in [-0.4, -0.2) is 31.1 Å². The normalized spacial score (nSPS) is 19.4. The van der Waals surface area contributed by atoms with Crippen molar-refractivity contribution in [2.75, 3.05) is 20.1 Å². The lowest BCUT2D eigenvalue weighted by molar-refractivity contribution is 0.159. The predicted octanol–water partition coefficient (Wildman–Crippen LogP) is 3.63. The summed E-state index contributed by atoms with van der Waals surface area (Å²) in [6.45, 7) is 10.4. The van der Waals surface area contributed by atoms with Gasteiger partial charge in [0, 0.05) is 12.6 Å². The van der Waals surface area contributed by atoms with Crippen LogP contribution in [-0.2, 0) is 6.54 Å². The summed E-state index contributed by atoms with van der Waals surface area (Å²) in [6.07, 6.45) is 2.65. The number of benzene rings is 1. The molecule has 1 aromatic rings. The smallest absolute Gasteiger partial charge is 0.0233 e. The fraction of sp³-hybridized carbons (Fsp3) is 0.667. The second-order valence-corrected chi connectivity index (χ2v) is 6.59. The Hall–Kier alpha value is -0.860. The van der Waals surface area contributed by atoms with Gasteiger partial charge in [0.05, 0.1) is 0 Å². The van der Waals surface area contributed by atoms with Gasteiger partial charge in [0.1, 0.15) is 0 Å². The molecular formula is C18H30N2. The standard InChI is InChI=1S/C18H30N2/c1-14(2)17-7-5-16(6-8-17)13-20-11-9-18(10-12-20)15(3)19-4/h5-8,14-15,18-19H,9-13H2,1-4H3. The van der Waals surface area contributed by atoms with E-state index in [2.05, 4.69) is 62.3 Å². The van der Waals surface area contributed by atoms with Crippen molar-refractivity contribution in [2.45, 2.75) is 52.1 Å². The molecule has 2 heteroatoms. The Kier molecular flexibility index (Phi) is 5.62. The molecule has 1 saturated heterocycles. The molecule has 0 saturated carbocycles. The molecule has 1 fully saturated rings. The lowest BCUT2D eigenvalue weighted by Crippen LogP contribution is -2.40. The van der Waals surface area contributed by atoms with Crippen molar-refractivity contribution in [2.24, 2.45) is 5.92 Å². The number of likely N-dealkylation sites (tertiary alicyclic amines) is 1. The maximum absolute atomic E-state index is 3.40. The first-order chi connectivity index (χ1) is 9.60. The van der Waals surface area contributed by atoms with E-state index in [1.807, 2.05) is 0 Å². The number of piperidine rings is 1. The van der Waals surface area contributed by atoms with Gasteiger partial charge in [-0.25, -0.2) is 0 Å². The second-order valence-electron chi connectivity index (χ2n) is 6.59. The summed E-state index contributed by atoms with van der Waals surface area (Å²) >= 11 is 0. The molecule has 0 spiro atoms. The largest absolute Gasteiger partial charge is 0.317 e. The van der Waals surface area contributed by atoms with Gasteiger partial charge in [0.2, 0.25) is 0 Å². The van der Waals surface area contributed by atoms with Gasteiger partial charge in [-0.1, -0.05) is 38.1 Å². The zero-order valence-corrected chi connectivity index (χ0v) is 13.5. The van der Waals surface area contributed by atoms with Crippen LogP contribution in [0.2, 0.25) is 0 Å². The molecule has 1 aliphatic heterocycles. The minimum absolute atomic E-state index is 0.628. The molecule has 0 aliphatic carbocycles. The maximum atomic E-state index is 3.40. The predicted molar refractivity (Wildman–Crippen MR) is 87.1 cm³/mol. The van der Waals surface area contributed by atoms with E-state index < -0.39 is 0 Å². The van der Waals surface area contributed by atoms with Crippen LogP contribution in [0.4, 0.5) is 0 Å². The number of nitrogens with zero attached hydrogens (tertiary/aromatic N) is 1. The van der Waals surface area contributed by atoms with E-state index in [4.69, 9.17) is 0 Å². The highest BCUT2D eigenvalue weighted by molar-refractivity contribution is 5.24. The third-order valence-electron chi connectivity index (χ3n) is 4.85. The quantitative estimate of drug-likeness (QED) is 0.882. The summed E-state index contributed by atoms with van der Waals surface area (Å²) in [5, 5.41) is 3.40. The van der Waals surface area contributed by atoms with Gasteiger partial charge in [-0.05, 0) is 62.9 Å². The first kappa shape index (κ1) is 15.5.